The van der Waals surface area contributed by atoms with Crippen LogP contribution in [0.5, 0.6) is 0 Å². The summed E-state index contributed by atoms with van der Waals surface area (Å²) in [6, 6.07) is 8.96. The largest absolute Gasteiger partial charge is 0.392 e. The van der Waals surface area contributed by atoms with Gasteiger partial charge in [-0.1, -0.05) is 30.3 Å². The summed E-state index contributed by atoms with van der Waals surface area (Å²) >= 11 is 0. The van der Waals surface area contributed by atoms with E-state index in [9.17, 15) is 8.42 Å². The molecule has 0 aromatic heterocycles. The highest BCUT2D eigenvalue weighted by atomic mass is 32.2. The minimum Gasteiger partial charge on any atom is -0.392 e. The number of sulfone groups is 1. The smallest absolute Gasteiger partial charge is 0.156 e. The molecule has 0 radical (unpaired) electrons. The van der Waals surface area contributed by atoms with Crippen molar-refractivity contribution in [2.75, 3.05) is 5.75 Å². The molecule has 0 bridgehead atoms. The summed E-state index contributed by atoms with van der Waals surface area (Å²) in [5.41, 5.74) is 0.758. The number of aliphatic hydroxyl groups excluding tert-OH is 1. The molecule has 0 unspecified atom stereocenters. The predicted octanol–water partition coefficient (Wildman–Crippen LogP) is 0.982. The molecule has 0 fully saturated rings. The lowest BCUT2D eigenvalue weighted by atomic mass is 10.2. The molecule has 1 aromatic carbocycles. The molecule has 1 aromatic rings. The first kappa shape index (κ1) is 11.2. The van der Waals surface area contributed by atoms with Crippen molar-refractivity contribution < 1.29 is 13.5 Å². The number of hydrogen-bond acceptors (Lipinski definition) is 3. The first-order valence-electron chi connectivity index (χ1n) is 4.42. The van der Waals surface area contributed by atoms with E-state index >= 15 is 0 Å². The van der Waals surface area contributed by atoms with E-state index in [-0.39, 0.29) is 11.5 Å². The fraction of sp³-hybridized carbons (Fsp3) is 0.400. The van der Waals surface area contributed by atoms with Gasteiger partial charge < -0.3 is 5.11 Å². The second-order valence-electron chi connectivity index (χ2n) is 3.39. The van der Waals surface area contributed by atoms with Gasteiger partial charge in [0.2, 0.25) is 0 Å². The maximum absolute atomic E-state index is 11.5. The molecule has 4 heteroatoms. The molecule has 0 aliphatic rings. The number of rotatable bonds is 4. The van der Waals surface area contributed by atoms with E-state index < -0.39 is 15.9 Å². The minimum absolute atomic E-state index is 0.00125. The van der Waals surface area contributed by atoms with Gasteiger partial charge >= 0.3 is 0 Å². The molecule has 14 heavy (non-hydrogen) atoms. The normalized spacial score (nSPS) is 13.9. The summed E-state index contributed by atoms with van der Waals surface area (Å²) in [6.45, 7) is 1.47. The average Bonchev–Trinajstić information content (AvgIpc) is 2.02. The van der Waals surface area contributed by atoms with Gasteiger partial charge in [0.15, 0.2) is 9.84 Å². The summed E-state index contributed by atoms with van der Waals surface area (Å²) in [5, 5.41) is 8.99. The molecule has 0 saturated carbocycles. The van der Waals surface area contributed by atoms with E-state index in [1.165, 1.54) is 6.92 Å². The van der Waals surface area contributed by atoms with Crippen molar-refractivity contribution in [1.29, 1.82) is 0 Å². The maximum atomic E-state index is 11.5. The van der Waals surface area contributed by atoms with Gasteiger partial charge in [-0.3, -0.25) is 0 Å². The average molecular weight is 214 g/mol. The van der Waals surface area contributed by atoms with E-state index in [0.717, 1.165) is 5.56 Å². The highest BCUT2D eigenvalue weighted by molar-refractivity contribution is 7.90. The molecule has 1 atom stereocenters. The SMILES string of the molecule is C[C@H](O)CS(=O)(=O)Cc1ccccc1. The minimum atomic E-state index is -3.18. The lowest BCUT2D eigenvalue weighted by Gasteiger charge is -2.05. The summed E-state index contributed by atoms with van der Waals surface area (Å²) < 4.78 is 22.9. The zero-order chi connectivity index (χ0) is 10.6. The quantitative estimate of drug-likeness (QED) is 0.813. The fourth-order valence-electron chi connectivity index (χ4n) is 1.25. The van der Waals surface area contributed by atoms with Gasteiger partial charge in [-0.25, -0.2) is 8.42 Å². The van der Waals surface area contributed by atoms with Gasteiger partial charge in [-0.2, -0.15) is 0 Å². The maximum Gasteiger partial charge on any atom is 0.156 e. The lowest BCUT2D eigenvalue weighted by molar-refractivity contribution is 0.218. The van der Waals surface area contributed by atoms with Crippen LogP contribution >= 0.6 is 0 Å². The van der Waals surface area contributed by atoms with Crippen LogP contribution in [0.25, 0.3) is 0 Å². The van der Waals surface area contributed by atoms with Gasteiger partial charge in [-0.05, 0) is 12.5 Å². The van der Waals surface area contributed by atoms with Crippen molar-refractivity contribution in [3.63, 3.8) is 0 Å². The Labute approximate surface area is 84.3 Å². The fourth-order valence-corrected chi connectivity index (χ4v) is 2.81. The van der Waals surface area contributed by atoms with Crippen molar-refractivity contribution in [2.24, 2.45) is 0 Å². The van der Waals surface area contributed by atoms with E-state index in [2.05, 4.69) is 0 Å². The van der Waals surface area contributed by atoms with Crippen LogP contribution in [-0.4, -0.2) is 25.4 Å². The van der Waals surface area contributed by atoms with Gasteiger partial charge in [0.05, 0.1) is 17.6 Å². The topological polar surface area (TPSA) is 54.4 Å². The Morgan fingerprint density at radius 1 is 1.29 bits per heavy atom. The molecule has 0 saturated heterocycles. The molecule has 0 aliphatic heterocycles. The first-order chi connectivity index (χ1) is 6.49. The van der Waals surface area contributed by atoms with Gasteiger partial charge in [-0.15, -0.1) is 0 Å². The van der Waals surface area contributed by atoms with Crippen LogP contribution in [0.2, 0.25) is 0 Å². The second kappa shape index (κ2) is 4.57. The first-order valence-corrected chi connectivity index (χ1v) is 6.24. The van der Waals surface area contributed by atoms with Crippen LogP contribution in [0.1, 0.15) is 12.5 Å². The third-order valence-corrected chi connectivity index (χ3v) is 3.49. The van der Waals surface area contributed by atoms with Crippen LogP contribution in [-0.2, 0) is 15.6 Å². The van der Waals surface area contributed by atoms with Crippen LogP contribution in [0.3, 0.4) is 0 Å². The highest BCUT2D eigenvalue weighted by Gasteiger charge is 2.14. The van der Waals surface area contributed by atoms with Crippen molar-refractivity contribution >= 4 is 9.84 Å². The third kappa shape index (κ3) is 3.89. The van der Waals surface area contributed by atoms with Crippen LogP contribution in [0.4, 0.5) is 0 Å². The summed E-state index contributed by atoms with van der Waals surface area (Å²) in [6.07, 6.45) is -0.802. The number of hydrogen-bond donors (Lipinski definition) is 1. The zero-order valence-electron chi connectivity index (χ0n) is 8.05. The Morgan fingerprint density at radius 2 is 1.86 bits per heavy atom. The van der Waals surface area contributed by atoms with Crippen LogP contribution < -0.4 is 0 Å². The molecule has 78 valence electrons. The van der Waals surface area contributed by atoms with Gasteiger partial charge in [0.25, 0.3) is 0 Å². The molecule has 0 aliphatic carbocycles. The van der Waals surface area contributed by atoms with E-state index in [1.807, 2.05) is 6.07 Å². The Morgan fingerprint density at radius 3 is 2.36 bits per heavy atom. The molecule has 3 nitrogen and oxygen atoms in total. The van der Waals surface area contributed by atoms with Crippen molar-refractivity contribution in [2.45, 2.75) is 18.8 Å². The van der Waals surface area contributed by atoms with Crippen LogP contribution in [0.15, 0.2) is 30.3 Å². The Bertz CT molecular complexity index is 368. The van der Waals surface area contributed by atoms with E-state index in [0.29, 0.717) is 0 Å². The number of benzene rings is 1. The Balaban J connectivity index is 2.70. The molecule has 0 spiro atoms. The van der Waals surface area contributed by atoms with E-state index in [4.69, 9.17) is 5.11 Å². The standard InChI is InChI=1S/C10H14O3S/c1-9(11)7-14(12,13)8-10-5-3-2-4-6-10/h2-6,9,11H,7-8H2,1H3/t9-/m0/s1. The third-order valence-electron chi connectivity index (χ3n) is 1.72. The Hall–Kier alpha value is -0.870. The summed E-state index contributed by atoms with van der Waals surface area (Å²) in [4.78, 5) is 0. The molecular weight excluding hydrogens is 200 g/mol. The molecule has 0 amide bonds. The van der Waals surface area contributed by atoms with Gasteiger partial charge in [0.1, 0.15) is 0 Å². The monoisotopic (exact) mass is 214 g/mol. The number of aliphatic hydroxyl groups is 1. The zero-order valence-corrected chi connectivity index (χ0v) is 8.87. The van der Waals surface area contributed by atoms with Crippen LogP contribution in [0, 0.1) is 0 Å². The van der Waals surface area contributed by atoms with Crippen molar-refractivity contribution in [3.8, 4) is 0 Å². The molecule has 1 rings (SSSR count). The highest BCUT2D eigenvalue weighted by Crippen LogP contribution is 2.06. The van der Waals surface area contributed by atoms with Gasteiger partial charge in [0, 0.05) is 0 Å². The molecular formula is C10H14O3S. The summed E-state index contributed by atoms with van der Waals surface area (Å²) in [7, 11) is -3.18. The summed E-state index contributed by atoms with van der Waals surface area (Å²) in [5.74, 6) is -0.180. The second-order valence-corrected chi connectivity index (χ2v) is 5.50. The van der Waals surface area contributed by atoms with E-state index in [1.54, 1.807) is 24.3 Å². The van der Waals surface area contributed by atoms with Crippen molar-refractivity contribution in [3.05, 3.63) is 35.9 Å². The predicted molar refractivity (Wildman–Crippen MR) is 55.6 cm³/mol. The lowest BCUT2D eigenvalue weighted by Crippen LogP contribution is -2.19. The Kier molecular flexibility index (Phi) is 3.66. The molecule has 1 N–H and O–H groups in total. The van der Waals surface area contributed by atoms with Crippen molar-refractivity contribution in [1.82, 2.24) is 0 Å². The molecule has 0 heterocycles.